The average molecular weight is 489 g/mol. The summed E-state index contributed by atoms with van der Waals surface area (Å²) in [6.45, 7) is 1.62. The normalized spacial score (nSPS) is 19.9. The van der Waals surface area contributed by atoms with Crippen LogP contribution in [0.3, 0.4) is 0 Å². The van der Waals surface area contributed by atoms with Crippen molar-refractivity contribution in [1.82, 2.24) is 4.90 Å². The first-order chi connectivity index (χ1) is 17.6. The average Bonchev–Trinajstić information content (AvgIpc) is 3.50. The molecule has 8 nitrogen and oxygen atoms in total. The third-order valence-corrected chi connectivity index (χ3v) is 7.21. The molecule has 0 spiro atoms. The van der Waals surface area contributed by atoms with Gasteiger partial charge in [-0.05, 0) is 54.9 Å². The van der Waals surface area contributed by atoms with Gasteiger partial charge < -0.3 is 29.0 Å². The van der Waals surface area contributed by atoms with E-state index in [1.807, 2.05) is 55.6 Å². The van der Waals surface area contributed by atoms with Gasteiger partial charge in [0, 0.05) is 29.9 Å². The van der Waals surface area contributed by atoms with Crippen LogP contribution in [0.25, 0.3) is 0 Å². The molecule has 0 amide bonds. The van der Waals surface area contributed by atoms with E-state index in [0.717, 1.165) is 46.7 Å². The molecule has 8 heteroatoms. The second-order valence-corrected chi connectivity index (χ2v) is 9.22. The molecule has 186 valence electrons. The Morgan fingerprint density at radius 2 is 1.89 bits per heavy atom. The summed E-state index contributed by atoms with van der Waals surface area (Å²) in [5, 5.41) is 3.40. The number of benzene rings is 3. The molecular weight excluding hydrogens is 460 g/mol. The largest absolute Gasteiger partial charge is 0.497 e. The summed E-state index contributed by atoms with van der Waals surface area (Å²) >= 11 is 0. The number of hydrogen-bond donors (Lipinski definition) is 1. The highest BCUT2D eigenvalue weighted by Gasteiger charge is 2.44. The molecule has 36 heavy (non-hydrogen) atoms. The van der Waals surface area contributed by atoms with Crippen LogP contribution in [-0.2, 0) is 17.7 Å². The molecule has 0 radical (unpaired) electrons. The highest BCUT2D eigenvalue weighted by molar-refractivity contribution is 5.95. The number of likely N-dealkylation sites (N-methyl/N-ethyl adjacent to an activating group) is 1. The number of carbonyl (C=O) groups excluding carboxylic acids is 1. The predicted molar refractivity (Wildman–Crippen MR) is 133 cm³/mol. The Balaban J connectivity index is 1.31. The standard InChI is InChI=1S/C28H28N2O6/c1-30-11-10-17-12-22-26(35-15-34-22)27(33-3)23(17)24(30)25-20-9-6-18(13-21(20)28(31)36-25)29-14-16-4-7-19(32-2)8-5-16/h4-9,12-13,24-25,29H,10-11,14-15H2,1-3H3. The van der Waals surface area contributed by atoms with Crippen LogP contribution >= 0.6 is 0 Å². The molecule has 3 aromatic rings. The van der Waals surface area contributed by atoms with Gasteiger partial charge in [-0.25, -0.2) is 4.79 Å². The minimum atomic E-state index is -0.457. The second-order valence-electron chi connectivity index (χ2n) is 9.22. The minimum Gasteiger partial charge on any atom is -0.497 e. The lowest BCUT2D eigenvalue weighted by Crippen LogP contribution is -2.36. The first-order valence-corrected chi connectivity index (χ1v) is 12.0. The number of esters is 1. The Morgan fingerprint density at radius 3 is 2.67 bits per heavy atom. The van der Waals surface area contributed by atoms with Crippen molar-refractivity contribution in [3.05, 3.63) is 76.3 Å². The van der Waals surface area contributed by atoms with Crippen molar-refractivity contribution in [2.45, 2.75) is 25.1 Å². The summed E-state index contributed by atoms with van der Waals surface area (Å²) < 4.78 is 28.4. The summed E-state index contributed by atoms with van der Waals surface area (Å²) in [4.78, 5) is 15.2. The van der Waals surface area contributed by atoms with Crippen molar-refractivity contribution in [2.24, 2.45) is 0 Å². The van der Waals surface area contributed by atoms with Crippen LogP contribution in [0.2, 0.25) is 0 Å². The summed E-state index contributed by atoms with van der Waals surface area (Å²) in [6, 6.07) is 15.6. The van der Waals surface area contributed by atoms with Crippen LogP contribution in [-0.4, -0.2) is 45.5 Å². The van der Waals surface area contributed by atoms with Gasteiger partial charge in [-0.1, -0.05) is 18.2 Å². The van der Waals surface area contributed by atoms with Crippen molar-refractivity contribution in [1.29, 1.82) is 0 Å². The fourth-order valence-electron chi connectivity index (χ4n) is 5.37. The minimum absolute atomic E-state index is 0.169. The van der Waals surface area contributed by atoms with E-state index in [1.165, 1.54) is 0 Å². The lowest BCUT2D eigenvalue weighted by atomic mass is 9.85. The number of fused-ring (bicyclic) bond motifs is 3. The van der Waals surface area contributed by atoms with Gasteiger partial charge >= 0.3 is 5.97 Å². The number of nitrogens with one attached hydrogen (secondary N) is 1. The highest BCUT2D eigenvalue weighted by Crippen LogP contribution is 2.54. The molecule has 0 bridgehead atoms. The molecule has 3 heterocycles. The number of carbonyl (C=O) groups is 1. The van der Waals surface area contributed by atoms with Crippen LogP contribution < -0.4 is 24.3 Å². The van der Waals surface area contributed by atoms with Gasteiger partial charge in [0.1, 0.15) is 11.9 Å². The van der Waals surface area contributed by atoms with E-state index in [2.05, 4.69) is 10.2 Å². The number of cyclic esters (lactones) is 1. The summed E-state index contributed by atoms with van der Waals surface area (Å²) in [7, 11) is 5.34. The van der Waals surface area contributed by atoms with Gasteiger partial charge in [0.05, 0.1) is 25.8 Å². The molecule has 3 aromatic carbocycles. The van der Waals surface area contributed by atoms with Crippen LogP contribution in [0.4, 0.5) is 5.69 Å². The van der Waals surface area contributed by atoms with E-state index >= 15 is 0 Å². The van der Waals surface area contributed by atoms with Crippen molar-refractivity contribution >= 4 is 11.7 Å². The lowest BCUT2D eigenvalue weighted by Gasteiger charge is -2.38. The Hall–Kier alpha value is -3.91. The van der Waals surface area contributed by atoms with E-state index in [9.17, 15) is 4.79 Å². The maximum absolute atomic E-state index is 13.0. The second kappa shape index (κ2) is 8.95. The molecule has 3 aliphatic rings. The van der Waals surface area contributed by atoms with E-state index in [4.69, 9.17) is 23.7 Å². The molecule has 0 saturated heterocycles. The Morgan fingerprint density at radius 1 is 1.06 bits per heavy atom. The maximum atomic E-state index is 13.0. The predicted octanol–water partition coefficient (Wildman–Crippen LogP) is 4.49. The molecule has 1 N–H and O–H groups in total. The summed E-state index contributed by atoms with van der Waals surface area (Å²) in [5.41, 5.74) is 5.55. The number of hydrogen-bond acceptors (Lipinski definition) is 8. The van der Waals surface area contributed by atoms with Crippen LogP contribution in [0.1, 0.15) is 44.8 Å². The van der Waals surface area contributed by atoms with Gasteiger partial charge in [-0.3, -0.25) is 4.90 Å². The van der Waals surface area contributed by atoms with Gasteiger partial charge in [0.25, 0.3) is 0 Å². The third-order valence-electron chi connectivity index (χ3n) is 7.21. The number of anilines is 1. The molecule has 0 fully saturated rings. The Labute approximate surface area is 209 Å². The zero-order valence-corrected chi connectivity index (χ0v) is 20.5. The summed E-state index contributed by atoms with van der Waals surface area (Å²) in [5.74, 6) is 2.46. The summed E-state index contributed by atoms with van der Waals surface area (Å²) in [6.07, 6.45) is 0.387. The van der Waals surface area contributed by atoms with Crippen LogP contribution in [0.5, 0.6) is 23.0 Å². The number of methoxy groups -OCH3 is 2. The van der Waals surface area contributed by atoms with E-state index in [0.29, 0.717) is 29.4 Å². The maximum Gasteiger partial charge on any atom is 0.339 e. The quantitative estimate of drug-likeness (QED) is 0.509. The topological polar surface area (TPSA) is 78.5 Å². The molecule has 0 saturated carbocycles. The van der Waals surface area contributed by atoms with Crippen molar-refractivity contribution in [3.63, 3.8) is 0 Å². The first kappa shape index (κ1) is 22.5. The molecule has 0 aromatic heterocycles. The monoisotopic (exact) mass is 488 g/mol. The Bertz CT molecular complexity index is 1320. The third kappa shape index (κ3) is 3.69. The van der Waals surface area contributed by atoms with Crippen molar-refractivity contribution < 1.29 is 28.5 Å². The van der Waals surface area contributed by atoms with Gasteiger partial charge in [-0.2, -0.15) is 0 Å². The molecule has 2 unspecified atom stereocenters. The van der Waals surface area contributed by atoms with Crippen molar-refractivity contribution in [3.8, 4) is 23.0 Å². The van der Waals surface area contributed by atoms with E-state index in [-0.39, 0.29) is 18.8 Å². The number of ether oxygens (including phenoxy) is 5. The van der Waals surface area contributed by atoms with Gasteiger partial charge in [-0.15, -0.1) is 0 Å². The SMILES string of the molecule is COc1ccc(CNc2ccc3c(c2)C(=O)OC3C2c3c(cc4c(c3OC)OCO4)CCN2C)cc1. The highest BCUT2D eigenvalue weighted by atomic mass is 16.7. The van der Waals surface area contributed by atoms with Gasteiger partial charge in [0.2, 0.25) is 12.5 Å². The lowest BCUT2D eigenvalue weighted by molar-refractivity contribution is 0.00882. The molecule has 0 aliphatic carbocycles. The molecule has 3 aliphatic heterocycles. The smallest absolute Gasteiger partial charge is 0.339 e. The molecule has 2 atom stereocenters. The molecule has 6 rings (SSSR count). The zero-order chi connectivity index (χ0) is 24.8. The molecular formula is C28H28N2O6. The fraction of sp³-hybridized carbons (Fsp3) is 0.321. The first-order valence-electron chi connectivity index (χ1n) is 12.0. The van der Waals surface area contributed by atoms with E-state index < -0.39 is 6.10 Å². The van der Waals surface area contributed by atoms with Crippen LogP contribution in [0, 0.1) is 0 Å². The fourth-order valence-corrected chi connectivity index (χ4v) is 5.37. The van der Waals surface area contributed by atoms with Crippen LogP contribution in [0.15, 0.2) is 48.5 Å². The van der Waals surface area contributed by atoms with E-state index in [1.54, 1.807) is 14.2 Å². The number of rotatable bonds is 6. The zero-order valence-electron chi connectivity index (χ0n) is 20.5. The number of nitrogens with zero attached hydrogens (tertiary/aromatic N) is 1. The van der Waals surface area contributed by atoms with Gasteiger partial charge in [0.15, 0.2) is 11.5 Å². The Kier molecular flexibility index (Phi) is 5.60. The van der Waals surface area contributed by atoms with Crippen molar-refractivity contribution in [2.75, 3.05) is 39.9 Å².